The molecule has 1 unspecified atom stereocenters. The van der Waals surface area contributed by atoms with Crippen LogP contribution in [-0.2, 0) is 0 Å². The van der Waals surface area contributed by atoms with Gasteiger partial charge in [-0.15, -0.1) is 0 Å². The van der Waals surface area contributed by atoms with Gasteiger partial charge in [0.1, 0.15) is 13.2 Å². The minimum atomic E-state index is -0.125. The Balaban J connectivity index is 1.82. The van der Waals surface area contributed by atoms with E-state index in [2.05, 4.69) is 19.2 Å². The molecule has 0 spiro atoms. The Morgan fingerprint density at radius 2 is 1.71 bits per heavy atom. The Bertz CT molecular complexity index is 728. The van der Waals surface area contributed by atoms with E-state index in [1.54, 1.807) is 24.3 Å². The number of amides is 1. The molecule has 1 atom stereocenters. The Labute approximate surface area is 146 Å². The van der Waals surface area contributed by atoms with Crippen LogP contribution in [0.3, 0.4) is 0 Å². The second-order valence-corrected chi connectivity index (χ2v) is 6.54. The van der Waals surface area contributed by atoms with Crippen LogP contribution in [0.5, 0.6) is 11.5 Å². The molecule has 1 aliphatic heterocycles. The predicted molar refractivity (Wildman–Crippen MR) is 93.9 cm³/mol. The van der Waals surface area contributed by atoms with E-state index in [0.29, 0.717) is 23.8 Å². The number of rotatable bonds is 4. The molecule has 0 saturated carbocycles. The first-order valence-corrected chi connectivity index (χ1v) is 8.38. The van der Waals surface area contributed by atoms with Crippen LogP contribution in [0.4, 0.5) is 0 Å². The van der Waals surface area contributed by atoms with Crippen molar-refractivity contribution in [1.29, 1.82) is 0 Å². The molecule has 1 N–H and O–H groups in total. The zero-order valence-electron chi connectivity index (χ0n) is 13.7. The zero-order valence-corrected chi connectivity index (χ0v) is 14.5. The van der Waals surface area contributed by atoms with Crippen LogP contribution < -0.4 is 14.8 Å². The lowest BCUT2D eigenvalue weighted by Crippen LogP contribution is -2.31. The molecule has 1 heterocycles. The van der Waals surface area contributed by atoms with E-state index >= 15 is 0 Å². The van der Waals surface area contributed by atoms with Gasteiger partial charge in [0, 0.05) is 10.6 Å². The van der Waals surface area contributed by atoms with Gasteiger partial charge in [0.2, 0.25) is 0 Å². The Kier molecular flexibility index (Phi) is 4.95. The Morgan fingerprint density at radius 3 is 2.38 bits per heavy atom. The maximum Gasteiger partial charge on any atom is 0.251 e. The van der Waals surface area contributed by atoms with Crippen LogP contribution in [0.2, 0.25) is 5.02 Å². The summed E-state index contributed by atoms with van der Waals surface area (Å²) in [5.41, 5.74) is 1.58. The summed E-state index contributed by atoms with van der Waals surface area (Å²) in [6.07, 6.45) is 0. The molecule has 0 bridgehead atoms. The maximum atomic E-state index is 12.5. The largest absolute Gasteiger partial charge is 0.486 e. The number of ether oxygens (including phenoxy) is 2. The smallest absolute Gasteiger partial charge is 0.251 e. The van der Waals surface area contributed by atoms with E-state index in [-0.39, 0.29) is 17.9 Å². The summed E-state index contributed by atoms with van der Waals surface area (Å²) in [6.45, 7) is 5.25. The van der Waals surface area contributed by atoms with Gasteiger partial charge >= 0.3 is 0 Å². The first-order valence-electron chi connectivity index (χ1n) is 8.00. The summed E-state index contributed by atoms with van der Waals surface area (Å²) in [5.74, 6) is 1.57. The molecule has 0 fully saturated rings. The van der Waals surface area contributed by atoms with Gasteiger partial charge in [-0.2, -0.15) is 0 Å². The highest BCUT2D eigenvalue weighted by molar-refractivity contribution is 6.30. The van der Waals surface area contributed by atoms with Gasteiger partial charge in [-0.3, -0.25) is 4.79 Å². The summed E-state index contributed by atoms with van der Waals surface area (Å²) in [6, 6.07) is 12.6. The quantitative estimate of drug-likeness (QED) is 0.901. The number of halogens is 1. The van der Waals surface area contributed by atoms with Crippen molar-refractivity contribution in [1.82, 2.24) is 5.32 Å². The third kappa shape index (κ3) is 3.65. The maximum absolute atomic E-state index is 12.5. The summed E-state index contributed by atoms with van der Waals surface area (Å²) in [7, 11) is 0. The van der Waals surface area contributed by atoms with Crippen LogP contribution in [-0.4, -0.2) is 19.1 Å². The minimum Gasteiger partial charge on any atom is -0.486 e. The predicted octanol–water partition coefficient (Wildman–Crippen LogP) is 4.24. The van der Waals surface area contributed by atoms with Crippen molar-refractivity contribution in [2.24, 2.45) is 5.92 Å². The molecular weight excluding hydrogens is 326 g/mol. The molecule has 0 aliphatic carbocycles. The number of hydrogen-bond acceptors (Lipinski definition) is 3. The first-order chi connectivity index (χ1) is 11.5. The van der Waals surface area contributed by atoms with Crippen LogP contribution in [0, 0.1) is 5.92 Å². The number of fused-ring (bicyclic) bond motifs is 1. The fourth-order valence-electron chi connectivity index (χ4n) is 2.71. The van der Waals surface area contributed by atoms with E-state index in [1.165, 1.54) is 0 Å². The minimum absolute atomic E-state index is 0.121. The van der Waals surface area contributed by atoms with E-state index in [9.17, 15) is 4.79 Å². The van der Waals surface area contributed by atoms with Gasteiger partial charge < -0.3 is 14.8 Å². The number of carbonyl (C=O) groups is 1. The summed E-state index contributed by atoms with van der Waals surface area (Å²) < 4.78 is 11.2. The van der Waals surface area contributed by atoms with E-state index < -0.39 is 0 Å². The fraction of sp³-hybridized carbons (Fsp3) is 0.316. The summed E-state index contributed by atoms with van der Waals surface area (Å²) in [4.78, 5) is 12.5. The first kappa shape index (κ1) is 16.7. The molecule has 126 valence electrons. The molecule has 4 nitrogen and oxygen atoms in total. The number of nitrogens with one attached hydrogen (secondary N) is 1. The number of hydrogen-bond donors (Lipinski definition) is 1. The fourth-order valence-corrected chi connectivity index (χ4v) is 2.84. The molecule has 24 heavy (non-hydrogen) atoms. The van der Waals surface area contributed by atoms with Crippen molar-refractivity contribution in [2.45, 2.75) is 19.9 Å². The molecule has 0 saturated heterocycles. The summed E-state index contributed by atoms with van der Waals surface area (Å²) >= 11 is 5.88. The SMILES string of the molecule is CC(C)C(NC(=O)c1ccc(Cl)cc1)c1ccc2c(c1)OCCO2. The lowest BCUT2D eigenvalue weighted by molar-refractivity contribution is 0.0925. The second-order valence-electron chi connectivity index (χ2n) is 6.11. The van der Waals surface area contributed by atoms with Crippen molar-refractivity contribution in [3.63, 3.8) is 0 Å². The van der Waals surface area contributed by atoms with Gasteiger partial charge in [0.05, 0.1) is 6.04 Å². The van der Waals surface area contributed by atoms with Crippen molar-refractivity contribution in [2.75, 3.05) is 13.2 Å². The van der Waals surface area contributed by atoms with Crippen LogP contribution >= 0.6 is 11.6 Å². The standard InChI is InChI=1S/C19H20ClNO3/c1-12(2)18(21-19(22)13-3-6-15(20)7-4-13)14-5-8-16-17(11-14)24-10-9-23-16/h3-8,11-12,18H,9-10H2,1-2H3,(H,21,22). The third-order valence-corrected chi connectivity index (χ3v) is 4.24. The van der Waals surface area contributed by atoms with Crippen molar-refractivity contribution in [3.8, 4) is 11.5 Å². The highest BCUT2D eigenvalue weighted by Gasteiger charge is 2.22. The average Bonchev–Trinajstić information content (AvgIpc) is 2.59. The average molecular weight is 346 g/mol. The third-order valence-electron chi connectivity index (χ3n) is 3.99. The molecule has 0 aromatic heterocycles. The van der Waals surface area contributed by atoms with Gasteiger partial charge in [-0.05, 0) is 47.9 Å². The molecule has 1 amide bonds. The lowest BCUT2D eigenvalue weighted by Gasteiger charge is -2.25. The van der Waals surface area contributed by atoms with E-state index in [0.717, 1.165) is 17.1 Å². The van der Waals surface area contributed by atoms with Crippen LogP contribution in [0.1, 0.15) is 35.8 Å². The molecule has 1 aliphatic rings. The number of carbonyl (C=O) groups excluding carboxylic acids is 1. The second kappa shape index (κ2) is 7.14. The lowest BCUT2D eigenvalue weighted by atomic mass is 9.95. The Morgan fingerprint density at radius 1 is 1.04 bits per heavy atom. The van der Waals surface area contributed by atoms with Gasteiger partial charge in [-0.1, -0.05) is 31.5 Å². The Hall–Kier alpha value is -2.20. The molecule has 2 aromatic rings. The highest BCUT2D eigenvalue weighted by atomic mass is 35.5. The van der Waals surface area contributed by atoms with Crippen LogP contribution in [0.25, 0.3) is 0 Å². The van der Waals surface area contributed by atoms with Gasteiger partial charge in [-0.25, -0.2) is 0 Å². The van der Waals surface area contributed by atoms with Crippen molar-refractivity contribution in [3.05, 3.63) is 58.6 Å². The van der Waals surface area contributed by atoms with E-state index in [4.69, 9.17) is 21.1 Å². The molecular formula is C19H20ClNO3. The number of benzene rings is 2. The van der Waals surface area contributed by atoms with Crippen molar-refractivity contribution < 1.29 is 14.3 Å². The van der Waals surface area contributed by atoms with E-state index in [1.807, 2.05) is 18.2 Å². The zero-order chi connectivity index (χ0) is 17.1. The van der Waals surface area contributed by atoms with Crippen LogP contribution in [0.15, 0.2) is 42.5 Å². The molecule has 2 aromatic carbocycles. The normalized spacial score (nSPS) is 14.3. The molecule has 5 heteroatoms. The highest BCUT2D eigenvalue weighted by Crippen LogP contribution is 2.34. The topological polar surface area (TPSA) is 47.6 Å². The molecule has 3 rings (SSSR count). The van der Waals surface area contributed by atoms with Crippen molar-refractivity contribution >= 4 is 17.5 Å². The molecule has 0 radical (unpaired) electrons. The summed E-state index contributed by atoms with van der Waals surface area (Å²) in [5, 5.41) is 3.71. The van der Waals surface area contributed by atoms with Gasteiger partial charge in [0.15, 0.2) is 11.5 Å². The monoisotopic (exact) mass is 345 g/mol. The van der Waals surface area contributed by atoms with Gasteiger partial charge in [0.25, 0.3) is 5.91 Å².